The van der Waals surface area contributed by atoms with E-state index in [1.54, 1.807) is 12.1 Å². The fraction of sp³-hybridized carbons (Fsp3) is 0.316. The van der Waals surface area contributed by atoms with Crippen molar-refractivity contribution in [3.8, 4) is 0 Å². The van der Waals surface area contributed by atoms with Crippen LogP contribution in [0.5, 0.6) is 0 Å². The summed E-state index contributed by atoms with van der Waals surface area (Å²) in [6.07, 6.45) is 0.778. The number of hydrogen-bond donors (Lipinski definition) is 3. The van der Waals surface area contributed by atoms with Gasteiger partial charge in [-0.2, -0.15) is 0 Å². The summed E-state index contributed by atoms with van der Waals surface area (Å²) < 4.78 is 0. The Balaban J connectivity index is 2.06. The van der Waals surface area contributed by atoms with Gasteiger partial charge in [0.2, 0.25) is 0 Å². The number of fused-ring (bicyclic) bond motifs is 1. The zero-order chi connectivity index (χ0) is 20.2. The van der Waals surface area contributed by atoms with E-state index in [1.807, 2.05) is 13.8 Å². The van der Waals surface area contributed by atoms with Crippen LogP contribution in [0.4, 0.5) is 11.5 Å². The molecule has 2 aromatic rings. The smallest absolute Gasteiger partial charge is 0.327 e. The second-order valence-electron chi connectivity index (χ2n) is 7.90. The first-order valence-electron chi connectivity index (χ1n) is 8.81. The van der Waals surface area contributed by atoms with Crippen LogP contribution in [0.3, 0.4) is 0 Å². The van der Waals surface area contributed by atoms with Crippen molar-refractivity contribution >= 4 is 17.3 Å². The van der Waals surface area contributed by atoms with E-state index in [2.05, 4.69) is 15.3 Å². The molecule has 28 heavy (non-hydrogen) atoms. The number of carbonyl (C=O) groups excluding carboxylic acids is 1. The Labute approximate surface area is 158 Å². The van der Waals surface area contributed by atoms with Gasteiger partial charge in [-0.3, -0.25) is 29.7 Å². The molecular weight excluding hydrogens is 364 g/mol. The molecule has 144 valence electrons. The molecule has 0 saturated heterocycles. The highest BCUT2D eigenvalue weighted by Gasteiger charge is 2.43. The van der Waals surface area contributed by atoms with Crippen molar-refractivity contribution < 1.29 is 9.72 Å². The average molecular weight is 382 g/mol. The molecule has 9 nitrogen and oxygen atoms in total. The number of ketones is 1. The third-order valence-corrected chi connectivity index (χ3v) is 5.20. The zero-order valence-corrected chi connectivity index (χ0v) is 15.3. The molecule has 9 heteroatoms. The molecule has 2 heterocycles. The van der Waals surface area contributed by atoms with Crippen LogP contribution in [-0.4, -0.2) is 20.7 Å². The molecule has 3 N–H and O–H groups in total. The van der Waals surface area contributed by atoms with Crippen LogP contribution in [0.1, 0.15) is 43.7 Å². The first-order valence-corrected chi connectivity index (χ1v) is 8.81. The van der Waals surface area contributed by atoms with Crippen molar-refractivity contribution in [2.24, 2.45) is 5.41 Å². The number of hydrogen-bond acceptors (Lipinski definition) is 6. The second-order valence-corrected chi connectivity index (χ2v) is 7.90. The topological polar surface area (TPSA) is 138 Å². The Morgan fingerprint density at radius 1 is 1.11 bits per heavy atom. The molecule has 1 aliphatic heterocycles. The van der Waals surface area contributed by atoms with E-state index in [0.29, 0.717) is 17.7 Å². The largest absolute Gasteiger partial charge is 0.344 e. The van der Waals surface area contributed by atoms with Gasteiger partial charge in [-0.15, -0.1) is 0 Å². The predicted octanol–water partition coefficient (Wildman–Crippen LogP) is 2.17. The molecule has 1 atom stereocenters. The number of carbonyl (C=O) groups is 1. The summed E-state index contributed by atoms with van der Waals surface area (Å²) in [4.78, 5) is 53.3. The van der Waals surface area contributed by atoms with Crippen LogP contribution in [0.15, 0.2) is 45.1 Å². The minimum absolute atomic E-state index is 0.0979. The van der Waals surface area contributed by atoms with Crippen molar-refractivity contribution in [3.05, 3.63) is 77.6 Å². The number of nitrogens with one attached hydrogen (secondary N) is 3. The molecule has 0 amide bonds. The summed E-state index contributed by atoms with van der Waals surface area (Å²) in [5, 5.41) is 14.6. The van der Waals surface area contributed by atoms with E-state index in [0.717, 1.165) is 0 Å². The van der Waals surface area contributed by atoms with E-state index in [1.165, 1.54) is 12.1 Å². The number of anilines is 1. The monoisotopic (exact) mass is 382 g/mol. The molecule has 0 saturated carbocycles. The van der Waals surface area contributed by atoms with Gasteiger partial charge in [0.15, 0.2) is 5.78 Å². The number of aromatic nitrogens is 2. The normalized spacial score (nSPS) is 20.2. The fourth-order valence-electron chi connectivity index (χ4n) is 4.16. The Bertz CT molecular complexity index is 1170. The molecule has 0 fully saturated rings. The molecule has 0 radical (unpaired) electrons. The van der Waals surface area contributed by atoms with Crippen molar-refractivity contribution in [3.63, 3.8) is 0 Å². The van der Waals surface area contributed by atoms with Gasteiger partial charge >= 0.3 is 5.69 Å². The number of H-pyrrole nitrogens is 2. The van der Waals surface area contributed by atoms with Crippen LogP contribution in [-0.2, 0) is 4.79 Å². The van der Waals surface area contributed by atoms with Crippen molar-refractivity contribution in [1.29, 1.82) is 0 Å². The quantitative estimate of drug-likeness (QED) is 0.537. The number of benzene rings is 1. The maximum atomic E-state index is 13.0. The average Bonchev–Trinajstić information content (AvgIpc) is 2.58. The molecule has 0 bridgehead atoms. The van der Waals surface area contributed by atoms with Gasteiger partial charge in [0.25, 0.3) is 11.2 Å². The van der Waals surface area contributed by atoms with Gasteiger partial charge in [-0.1, -0.05) is 32.0 Å². The molecule has 1 aliphatic carbocycles. The van der Waals surface area contributed by atoms with Crippen molar-refractivity contribution in [2.45, 2.75) is 32.6 Å². The summed E-state index contributed by atoms with van der Waals surface area (Å²) in [5.74, 6) is -0.934. The first kappa shape index (κ1) is 17.9. The third kappa shape index (κ3) is 2.75. The number of nitrogens with zero attached hydrogens (tertiary/aromatic N) is 1. The Morgan fingerprint density at radius 3 is 2.54 bits per heavy atom. The Hall–Kier alpha value is -3.49. The molecule has 0 spiro atoms. The van der Waals surface area contributed by atoms with E-state index in [9.17, 15) is 24.5 Å². The van der Waals surface area contributed by atoms with E-state index >= 15 is 0 Å². The highest BCUT2D eigenvalue weighted by atomic mass is 16.6. The Morgan fingerprint density at radius 2 is 1.82 bits per heavy atom. The number of allylic oxidation sites excluding steroid dienone is 2. The van der Waals surface area contributed by atoms with Gasteiger partial charge in [-0.25, -0.2) is 4.79 Å². The Kier molecular flexibility index (Phi) is 3.84. The van der Waals surface area contributed by atoms with Gasteiger partial charge in [0.05, 0.1) is 16.4 Å². The third-order valence-electron chi connectivity index (χ3n) is 5.20. The predicted molar refractivity (Wildman–Crippen MR) is 101 cm³/mol. The zero-order valence-electron chi connectivity index (χ0n) is 15.3. The van der Waals surface area contributed by atoms with E-state index in [-0.39, 0.29) is 40.3 Å². The van der Waals surface area contributed by atoms with E-state index < -0.39 is 22.1 Å². The minimum Gasteiger partial charge on any atom is -0.344 e. The fourth-order valence-corrected chi connectivity index (χ4v) is 4.16. The SMILES string of the molecule is CC1(C)CC(=O)C2=C(C1)Nc1[nH]c(=O)[nH]c(=O)c1C2c1ccccc1[N+](=O)[O-]. The summed E-state index contributed by atoms with van der Waals surface area (Å²) in [5.41, 5.74) is -0.599. The molecule has 1 unspecified atom stereocenters. The molecule has 4 rings (SSSR count). The van der Waals surface area contributed by atoms with Gasteiger partial charge < -0.3 is 5.32 Å². The lowest BCUT2D eigenvalue weighted by Crippen LogP contribution is -2.39. The van der Waals surface area contributed by atoms with Crippen LogP contribution < -0.4 is 16.6 Å². The van der Waals surface area contributed by atoms with Crippen LogP contribution in [0.2, 0.25) is 0 Å². The molecular formula is C19H18N4O5. The highest BCUT2D eigenvalue weighted by Crippen LogP contribution is 2.48. The molecule has 2 aliphatic rings. The van der Waals surface area contributed by atoms with Crippen LogP contribution in [0, 0.1) is 15.5 Å². The molecule has 1 aromatic heterocycles. The summed E-state index contributed by atoms with van der Waals surface area (Å²) in [7, 11) is 0. The minimum atomic E-state index is -0.933. The van der Waals surface area contributed by atoms with Gasteiger partial charge in [-0.05, 0) is 11.8 Å². The maximum Gasteiger partial charge on any atom is 0.327 e. The first-order chi connectivity index (χ1) is 13.2. The number of aromatic amines is 2. The lowest BCUT2D eigenvalue weighted by Gasteiger charge is -2.38. The number of rotatable bonds is 2. The number of Topliss-reactive ketones (excluding diaryl/α,β-unsaturated/α-hetero) is 1. The number of nitro benzene ring substituents is 1. The second kappa shape index (κ2) is 6.01. The van der Waals surface area contributed by atoms with Crippen molar-refractivity contribution in [2.75, 3.05) is 5.32 Å². The standard InChI is InChI=1S/C19H18N4O5/c1-19(2)7-10-14(12(24)8-19)13(9-5-3-4-6-11(9)23(27)28)15-16(20-10)21-18(26)22-17(15)25/h3-6,13H,7-8H2,1-2H3,(H3,20,21,22,25,26). The van der Waals surface area contributed by atoms with Gasteiger partial charge in [0, 0.05) is 29.3 Å². The lowest BCUT2D eigenvalue weighted by molar-refractivity contribution is -0.385. The van der Waals surface area contributed by atoms with Crippen molar-refractivity contribution in [1.82, 2.24) is 9.97 Å². The number of nitro groups is 1. The van der Waals surface area contributed by atoms with E-state index in [4.69, 9.17) is 0 Å². The summed E-state index contributed by atoms with van der Waals surface area (Å²) >= 11 is 0. The number of para-hydroxylation sites is 1. The highest BCUT2D eigenvalue weighted by molar-refractivity contribution is 6.01. The lowest BCUT2D eigenvalue weighted by atomic mass is 9.69. The van der Waals surface area contributed by atoms with Crippen LogP contribution in [0.25, 0.3) is 0 Å². The van der Waals surface area contributed by atoms with Gasteiger partial charge in [0.1, 0.15) is 5.82 Å². The maximum absolute atomic E-state index is 13.0. The summed E-state index contributed by atoms with van der Waals surface area (Å²) in [6.45, 7) is 3.90. The van der Waals surface area contributed by atoms with Crippen LogP contribution >= 0.6 is 0 Å². The molecule has 1 aromatic carbocycles. The summed E-state index contributed by atoms with van der Waals surface area (Å²) in [6, 6.07) is 6.04.